The van der Waals surface area contributed by atoms with Crippen molar-refractivity contribution in [3.63, 3.8) is 0 Å². The second kappa shape index (κ2) is 3.97. The van der Waals surface area contributed by atoms with Gasteiger partial charge in [-0.2, -0.15) is 0 Å². The molecule has 1 aromatic rings. The van der Waals surface area contributed by atoms with Crippen molar-refractivity contribution >= 4 is 37.4 Å². The van der Waals surface area contributed by atoms with Crippen LogP contribution in [-0.2, 0) is 9.84 Å². The predicted molar refractivity (Wildman–Crippen MR) is 71.3 cm³/mol. The molecule has 0 saturated heterocycles. The highest BCUT2D eigenvalue weighted by atomic mass is 79.9. The smallest absolute Gasteiger partial charge is 0.179 e. The fraction of sp³-hybridized carbons (Fsp3) is 0.500. The van der Waals surface area contributed by atoms with Gasteiger partial charge in [0.2, 0.25) is 0 Å². The first-order valence-corrected chi connectivity index (χ1v) is 8.53. The van der Waals surface area contributed by atoms with Crippen molar-refractivity contribution in [3.8, 4) is 0 Å². The van der Waals surface area contributed by atoms with Gasteiger partial charge >= 0.3 is 0 Å². The van der Waals surface area contributed by atoms with E-state index in [2.05, 4.69) is 15.9 Å². The van der Waals surface area contributed by atoms with Crippen LogP contribution in [0.1, 0.15) is 30.7 Å². The molecular weight excluding hydrogens is 324 g/mol. The summed E-state index contributed by atoms with van der Waals surface area (Å²) in [5, 5.41) is 0.610. The first-order valence-electron chi connectivity index (χ1n) is 5.71. The van der Waals surface area contributed by atoms with E-state index >= 15 is 0 Å². The number of benzene rings is 1. The van der Waals surface area contributed by atoms with E-state index in [1.54, 1.807) is 6.07 Å². The third kappa shape index (κ3) is 2.04. The number of halogens is 2. The highest BCUT2D eigenvalue weighted by molar-refractivity contribution is 9.10. The van der Waals surface area contributed by atoms with E-state index in [1.807, 2.05) is 6.07 Å². The van der Waals surface area contributed by atoms with Crippen LogP contribution in [0.5, 0.6) is 0 Å². The Balaban J connectivity index is 2.24. The lowest BCUT2D eigenvalue weighted by molar-refractivity contribution is 0.533. The van der Waals surface area contributed by atoms with E-state index in [1.165, 1.54) is 12.8 Å². The largest absolute Gasteiger partial charge is 0.224 e. The fourth-order valence-corrected chi connectivity index (χ4v) is 5.98. The summed E-state index contributed by atoms with van der Waals surface area (Å²) in [6, 6.07) is 3.51. The molecule has 1 aromatic carbocycles. The lowest BCUT2D eigenvalue weighted by atomic mass is 9.91. The zero-order valence-corrected chi connectivity index (χ0v) is 12.3. The molecule has 1 saturated carbocycles. The molecule has 1 aliphatic heterocycles. The van der Waals surface area contributed by atoms with Crippen LogP contribution in [0.15, 0.2) is 21.5 Å². The van der Waals surface area contributed by atoms with Crippen molar-refractivity contribution in [2.45, 2.75) is 30.1 Å². The number of sulfone groups is 1. The van der Waals surface area contributed by atoms with E-state index in [4.69, 9.17) is 11.6 Å². The average Bonchev–Trinajstić information content (AvgIpc) is 2.99. The Morgan fingerprint density at radius 3 is 2.59 bits per heavy atom. The normalized spacial score (nSPS) is 26.6. The highest BCUT2D eigenvalue weighted by Gasteiger charge is 2.40. The van der Waals surface area contributed by atoms with Crippen LogP contribution >= 0.6 is 27.5 Å². The molecule has 0 radical (unpaired) electrons. The van der Waals surface area contributed by atoms with Gasteiger partial charge in [0.15, 0.2) is 9.84 Å². The molecule has 5 heteroatoms. The first-order chi connectivity index (χ1) is 7.99. The van der Waals surface area contributed by atoms with Gasteiger partial charge in [0.25, 0.3) is 0 Å². The van der Waals surface area contributed by atoms with Crippen molar-refractivity contribution in [2.24, 2.45) is 5.92 Å². The van der Waals surface area contributed by atoms with Gasteiger partial charge in [0, 0.05) is 9.50 Å². The molecule has 0 aromatic heterocycles. The Kier molecular flexibility index (Phi) is 2.80. The maximum absolute atomic E-state index is 12.1. The van der Waals surface area contributed by atoms with Crippen LogP contribution in [0.4, 0.5) is 0 Å². The number of hydrogen-bond acceptors (Lipinski definition) is 2. The van der Waals surface area contributed by atoms with Gasteiger partial charge in [0.1, 0.15) is 0 Å². The Morgan fingerprint density at radius 1 is 1.24 bits per heavy atom. The van der Waals surface area contributed by atoms with Crippen molar-refractivity contribution < 1.29 is 8.42 Å². The monoisotopic (exact) mass is 334 g/mol. The summed E-state index contributed by atoms with van der Waals surface area (Å²) in [6.07, 6.45) is 3.18. The van der Waals surface area contributed by atoms with Gasteiger partial charge in [-0.05, 0) is 64.7 Å². The van der Waals surface area contributed by atoms with E-state index < -0.39 is 9.84 Å². The standard InChI is InChI=1S/C12H12BrClO2S/c13-11-6-8(14)5-10-9(7-1-2-7)3-4-17(15,16)12(10)11/h5-7,9H,1-4H2. The Labute approximate surface area is 114 Å². The number of rotatable bonds is 1. The SMILES string of the molecule is O=S1(=O)CCC(C2CC2)c2cc(Cl)cc(Br)c21. The minimum Gasteiger partial charge on any atom is -0.224 e. The lowest BCUT2D eigenvalue weighted by Crippen LogP contribution is -2.21. The molecule has 2 aliphatic rings. The summed E-state index contributed by atoms with van der Waals surface area (Å²) in [5.74, 6) is 1.31. The van der Waals surface area contributed by atoms with Crippen molar-refractivity contribution in [1.82, 2.24) is 0 Å². The van der Waals surface area contributed by atoms with Gasteiger partial charge < -0.3 is 0 Å². The third-order valence-corrected chi connectivity index (χ3v) is 6.59. The molecule has 92 valence electrons. The maximum Gasteiger partial charge on any atom is 0.179 e. The summed E-state index contributed by atoms with van der Waals surface area (Å²) in [7, 11) is -3.13. The second-order valence-corrected chi connectivity index (χ2v) is 8.19. The third-order valence-electron chi connectivity index (χ3n) is 3.64. The molecule has 1 unspecified atom stereocenters. The van der Waals surface area contributed by atoms with Gasteiger partial charge in [-0.15, -0.1) is 0 Å². The number of hydrogen-bond donors (Lipinski definition) is 0. The molecule has 17 heavy (non-hydrogen) atoms. The molecule has 3 rings (SSSR count). The van der Waals surface area contributed by atoms with E-state index in [-0.39, 0.29) is 5.75 Å². The van der Waals surface area contributed by atoms with Crippen molar-refractivity contribution in [3.05, 3.63) is 27.2 Å². The van der Waals surface area contributed by atoms with Crippen LogP contribution in [0.3, 0.4) is 0 Å². The Morgan fingerprint density at radius 2 is 1.94 bits per heavy atom. The zero-order valence-electron chi connectivity index (χ0n) is 9.12. The highest BCUT2D eigenvalue weighted by Crippen LogP contribution is 2.50. The molecule has 1 heterocycles. The molecule has 0 spiro atoms. The quantitative estimate of drug-likeness (QED) is 0.783. The number of fused-ring (bicyclic) bond motifs is 1. The molecule has 0 bridgehead atoms. The molecule has 0 N–H and O–H groups in total. The molecule has 1 fully saturated rings. The van der Waals surface area contributed by atoms with Crippen LogP contribution < -0.4 is 0 Å². The van der Waals surface area contributed by atoms with Crippen molar-refractivity contribution in [1.29, 1.82) is 0 Å². The van der Waals surface area contributed by atoms with Gasteiger partial charge in [-0.1, -0.05) is 11.6 Å². The average molecular weight is 336 g/mol. The minimum absolute atomic E-state index is 0.265. The molecular formula is C12H12BrClO2S. The topological polar surface area (TPSA) is 34.1 Å². The summed E-state index contributed by atoms with van der Waals surface area (Å²) in [6.45, 7) is 0. The van der Waals surface area contributed by atoms with Crippen molar-refractivity contribution in [2.75, 3.05) is 5.75 Å². The van der Waals surface area contributed by atoms with Crippen LogP contribution in [0, 0.1) is 5.92 Å². The molecule has 1 aliphatic carbocycles. The lowest BCUT2D eigenvalue weighted by Gasteiger charge is -2.26. The molecule has 1 atom stereocenters. The van der Waals surface area contributed by atoms with Crippen LogP contribution in [0.2, 0.25) is 5.02 Å². The van der Waals surface area contributed by atoms with Gasteiger partial charge in [0.05, 0.1) is 10.6 Å². The summed E-state index contributed by atoms with van der Waals surface area (Å²) >= 11 is 9.38. The van der Waals surface area contributed by atoms with Gasteiger partial charge in [-0.25, -0.2) is 8.42 Å². The molecule has 0 amide bonds. The van der Waals surface area contributed by atoms with E-state index in [0.717, 1.165) is 12.0 Å². The fourth-order valence-electron chi connectivity index (χ4n) is 2.71. The Hall–Kier alpha value is -0.0600. The minimum atomic E-state index is -3.13. The van der Waals surface area contributed by atoms with Crippen LogP contribution in [-0.4, -0.2) is 14.2 Å². The summed E-state index contributed by atoms with van der Waals surface area (Å²) in [4.78, 5) is 0.477. The maximum atomic E-state index is 12.1. The van der Waals surface area contributed by atoms with E-state index in [0.29, 0.717) is 26.2 Å². The Bertz CT molecular complexity index is 578. The zero-order chi connectivity index (χ0) is 12.2. The molecule has 2 nitrogen and oxygen atoms in total. The van der Waals surface area contributed by atoms with E-state index in [9.17, 15) is 8.42 Å². The van der Waals surface area contributed by atoms with Gasteiger partial charge in [-0.3, -0.25) is 0 Å². The summed E-state index contributed by atoms with van der Waals surface area (Å²) in [5.41, 5.74) is 0.929. The second-order valence-electron chi connectivity index (χ2n) is 4.86. The van der Waals surface area contributed by atoms with Crippen LogP contribution in [0.25, 0.3) is 0 Å². The predicted octanol–water partition coefficient (Wildman–Crippen LogP) is 3.77. The first kappa shape index (κ1) is 12.0. The summed E-state index contributed by atoms with van der Waals surface area (Å²) < 4.78 is 24.9.